The van der Waals surface area contributed by atoms with Gasteiger partial charge < -0.3 is 0 Å². The largest absolute Gasteiger partial charge is 0.290 e. The van der Waals surface area contributed by atoms with Gasteiger partial charge in [-0.15, -0.1) is 0 Å². The van der Waals surface area contributed by atoms with E-state index >= 15 is 0 Å². The Bertz CT molecular complexity index is 172. The minimum absolute atomic E-state index is 0.0104. The molecule has 1 radical (unpaired) electrons. The Hall–Kier alpha value is -0.0200. The van der Waals surface area contributed by atoms with Gasteiger partial charge in [0.05, 0.1) is 0 Å². The van der Waals surface area contributed by atoms with Crippen LogP contribution in [0.5, 0.6) is 5.75 Å². The molecule has 0 saturated heterocycles. The van der Waals surface area contributed by atoms with Gasteiger partial charge in [-0.3, -0.25) is 5.11 Å². The lowest BCUT2D eigenvalue weighted by atomic mass is 10.3. The minimum Gasteiger partial charge on any atom is -0.290 e. The zero-order valence-electron chi connectivity index (χ0n) is 4.40. The summed E-state index contributed by atoms with van der Waals surface area (Å²) in [6.07, 6.45) is 0. The van der Waals surface area contributed by atoms with Crippen molar-refractivity contribution in [1.29, 1.82) is 0 Å². The molecule has 9 heavy (non-hydrogen) atoms. The summed E-state index contributed by atoms with van der Waals surface area (Å²) in [6, 6.07) is 4.86. The molecule has 0 unspecified atom stereocenters. The summed E-state index contributed by atoms with van der Waals surface area (Å²) in [6.45, 7) is 0. The Labute approximate surface area is 70.0 Å². The first-order valence-corrected chi connectivity index (χ1v) is 3.90. The van der Waals surface area contributed by atoms with E-state index in [2.05, 4.69) is 31.9 Å². The Kier molecular flexibility index (Phi) is 2.13. The van der Waals surface area contributed by atoms with E-state index in [4.69, 9.17) is 0 Å². The maximum absolute atomic E-state index is 10.7. The standard InChI is InChI=1S/C6H3Br2O/c7-4-1-5(8)3-6(9)2-4/h1-3H. The molecule has 0 aliphatic carbocycles. The maximum atomic E-state index is 10.7. The SMILES string of the molecule is [O]c1cc(Br)cc(Br)c1. The van der Waals surface area contributed by atoms with Gasteiger partial charge in [0.1, 0.15) is 0 Å². The van der Waals surface area contributed by atoms with Crippen LogP contribution >= 0.6 is 31.9 Å². The lowest BCUT2D eigenvalue weighted by Crippen LogP contribution is -1.65. The average molecular weight is 251 g/mol. The van der Waals surface area contributed by atoms with Gasteiger partial charge in [0.25, 0.3) is 0 Å². The molecule has 1 aromatic carbocycles. The van der Waals surface area contributed by atoms with Crippen LogP contribution in [0.4, 0.5) is 0 Å². The molecule has 1 rings (SSSR count). The van der Waals surface area contributed by atoms with E-state index in [1.54, 1.807) is 0 Å². The zero-order valence-corrected chi connectivity index (χ0v) is 7.57. The molecule has 0 amide bonds. The number of hydrogen-bond donors (Lipinski definition) is 0. The van der Waals surface area contributed by atoms with Gasteiger partial charge in [0.15, 0.2) is 5.75 Å². The van der Waals surface area contributed by atoms with Crippen LogP contribution in [0, 0.1) is 0 Å². The molecule has 3 heteroatoms. The van der Waals surface area contributed by atoms with Crippen molar-refractivity contribution in [2.24, 2.45) is 0 Å². The molecule has 0 heterocycles. The highest BCUT2D eigenvalue weighted by atomic mass is 79.9. The smallest absolute Gasteiger partial charge is 0.180 e. The highest BCUT2D eigenvalue weighted by molar-refractivity contribution is 9.11. The molecular formula is C6H3Br2O. The van der Waals surface area contributed by atoms with Gasteiger partial charge in [-0.25, -0.2) is 0 Å². The Morgan fingerprint density at radius 3 is 1.78 bits per heavy atom. The van der Waals surface area contributed by atoms with Crippen molar-refractivity contribution in [2.75, 3.05) is 0 Å². The second kappa shape index (κ2) is 2.71. The Morgan fingerprint density at radius 1 is 1.00 bits per heavy atom. The van der Waals surface area contributed by atoms with Crippen molar-refractivity contribution in [2.45, 2.75) is 0 Å². The van der Waals surface area contributed by atoms with Crippen LogP contribution in [0.2, 0.25) is 0 Å². The topological polar surface area (TPSA) is 19.9 Å². The third-order valence-corrected chi connectivity index (χ3v) is 1.75. The van der Waals surface area contributed by atoms with Crippen molar-refractivity contribution in [3.05, 3.63) is 27.1 Å². The summed E-state index contributed by atoms with van der Waals surface area (Å²) in [7, 11) is 0. The first kappa shape index (κ1) is 7.09. The van der Waals surface area contributed by atoms with Gasteiger partial charge in [-0.2, -0.15) is 0 Å². The summed E-state index contributed by atoms with van der Waals surface area (Å²) >= 11 is 6.37. The van der Waals surface area contributed by atoms with Gasteiger partial charge in [0, 0.05) is 8.95 Å². The molecule has 0 N–H and O–H groups in total. The first-order chi connectivity index (χ1) is 4.18. The summed E-state index contributed by atoms with van der Waals surface area (Å²) in [5.41, 5.74) is 0. The predicted molar refractivity (Wildman–Crippen MR) is 42.0 cm³/mol. The molecule has 0 saturated carbocycles. The fourth-order valence-electron chi connectivity index (χ4n) is 0.529. The van der Waals surface area contributed by atoms with Crippen LogP contribution in [-0.4, -0.2) is 0 Å². The molecule has 0 spiro atoms. The van der Waals surface area contributed by atoms with Gasteiger partial charge in [-0.1, -0.05) is 31.9 Å². The van der Waals surface area contributed by atoms with E-state index in [0.29, 0.717) is 0 Å². The molecule has 1 aromatic rings. The molecule has 0 atom stereocenters. The van der Waals surface area contributed by atoms with Crippen LogP contribution in [-0.2, 0) is 5.11 Å². The highest BCUT2D eigenvalue weighted by Gasteiger charge is 1.94. The second-order valence-electron chi connectivity index (χ2n) is 1.61. The maximum Gasteiger partial charge on any atom is 0.180 e. The van der Waals surface area contributed by atoms with Crippen molar-refractivity contribution in [1.82, 2.24) is 0 Å². The Balaban J connectivity index is 3.17. The molecule has 47 valence electrons. The van der Waals surface area contributed by atoms with Crippen LogP contribution in [0.25, 0.3) is 0 Å². The van der Waals surface area contributed by atoms with Crippen molar-refractivity contribution in [3.63, 3.8) is 0 Å². The minimum atomic E-state index is 0.0104. The number of benzene rings is 1. The van der Waals surface area contributed by atoms with E-state index < -0.39 is 0 Å². The highest BCUT2D eigenvalue weighted by Crippen LogP contribution is 2.23. The third kappa shape index (κ3) is 1.99. The quantitative estimate of drug-likeness (QED) is 0.673. The van der Waals surface area contributed by atoms with Crippen molar-refractivity contribution < 1.29 is 5.11 Å². The van der Waals surface area contributed by atoms with E-state index in [1.165, 1.54) is 12.1 Å². The average Bonchev–Trinajstić information content (AvgIpc) is 1.59. The summed E-state index contributed by atoms with van der Waals surface area (Å²) < 4.78 is 1.61. The Morgan fingerprint density at radius 2 is 1.44 bits per heavy atom. The van der Waals surface area contributed by atoms with Gasteiger partial charge >= 0.3 is 0 Å². The summed E-state index contributed by atoms with van der Waals surface area (Å²) in [4.78, 5) is 0. The lowest BCUT2D eigenvalue weighted by molar-refractivity contribution is 0.354. The first-order valence-electron chi connectivity index (χ1n) is 2.31. The number of hydrogen-bond acceptors (Lipinski definition) is 0. The third-order valence-electron chi connectivity index (χ3n) is 0.836. The number of halogens is 2. The molecule has 0 aliphatic rings. The normalized spacial score (nSPS) is 9.56. The molecule has 0 bridgehead atoms. The zero-order chi connectivity index (χ0) is 6.85. The van der Waals surface area contributed by atoms with Crippen LogP contribution < -0.4 is 0 Å². The van der Waals surface area contributed by atoms with Crippen LogP contribution in [0.15, 0.2) is 27.1 Å². The fraction of sp³-hybridized carbons (Fsp3) is 0. The fourth-order valence-corrected chi connectivity index (χ4v) is 1.78. The van der Waals surface area contributed by atoms with Gasteiger partial charge in [-0.05, 0) is 18.2 Å². The van der Waals surface area contributed by atoms with Crippen LogP contribution in [0.1, 0.15) is 0 Å². The predicted octanol–water partition coefficient (Wildman–Crippen LogP) is 3.36. The monoisotopic (exact) mass is 249 g/mol. The van der Waals surface area contributed by atoms with Crippen molar-refractivity contribution >= 4 is 31.9 Å². The summed E-state index contributed by atoms with van der Waals surface area (Å²) in [5.74, 6) is 0.0104. The molecule has 0 fully saturated rings. The van der Waals surface area contributed by atoms with Crippen molar-refractivity contribution in [3.8, 4) is 5.75 Å². The van der Waals surface area contributed by atoms with Crippen LogP contribution in [0.3, 0.4) is 0 Å². The lowest BCUT2D eigenvalue weighted by Gasteiger charge is -1.90. The van der Waals surface area contributed by atoms with E-state index in [9.17, 15) is 5.11 Å². The number of rotatable bonds is 0. The summed E-state index contributed by atoms with van der Waals surface area (Å²) in [5, 5.41) is 10.7. The van der Waals surface area contributed by atoms with Gasteiger partial charge in [0.2, 0.25) is 0 Å². The van der Waals surface area contributed by atoms with E-state index in [0.717, 1.165) is 8.95 Å². The molecule has 0 aromatic heterocycles. The molecule has 1 nitrogen and oxygen atoms in total. The second-order valence-corrected chi connectivity index (χ2v) is 3.44. The molecular weight excluding hydrogens is 248 g/mol. The molecule has 0 aliphatic heterocycles. The van der Waals surface area contributed by atoms with E-state index in [-0.39, 0.29) is 5.75 Å². The van der Waals surface area contributed by atoms with E-state index in [1.807, 2.05) is 6.07 Å².